The van der Waals surface area contributed by atoms with Gasteiger partial charge in [-0.3, -0.25) is 0 Å². The smallest absolute Gasteiger partial charge is 0.0183 e. The Morgan fingerprint density at radius 1 is 0.735 bits per heavy atom. The van der Waals surface area contributed by atoms with Crippen LogP contribution in [-0.2, 0) is 0 Å². The number of hydrogen-bond donors (Lipinski definition) is 0. The predicted octanol–water partition coefficient (Wildman–Crippen LogP) is 10.6. The highest BCUT2D eigenvalue weighted by atomic mass is 14.7. The molecule has 0 radical (unpaired) electrons. The van der Waals surface area contributed by atoms with E-state index in [1.807, 2.05) is 0 Å². The Hall–Kier alpha value is -0.260. The van der Waals surface area contributed by atoms with E-state index in [2.05, 4.69) is 82.7 Å². The topological polar surface area (TPSA) is 0 Å². The van der Waals surface area contributed by atoms with Crippen LogP contribution in [0.15, 0.2) is 12.2 Å². The number of fused-ring (bicyclic) bond motifs is 5. The zero-order valence-electron chi connectivity index (χ0n) is 25.1. The molecular weight excluding hydrogens is 408 g/mol. The molecule has 0 saturated heterocycles. The van der Waals surface area contributed by atoms with Crippen molar-refractivity contribution in [2.75, 3.05) is 0 Å². The Bertz CT molecular complexity index is 790. The van der Waals surface area contributed by atoms with Crippen LogP contribution in [0.4, 0.5) is 0 Å². The highest BCUT2D eigenvalue weighted by Gasteiger charge is 2.67. The fraction of sp³-hybridized carbons (Fsp3) is 0.941. The molecular formula is C34H60. The summed E-state index contributed by atoms with van der Waals surface area (Å²) in [6.07, 6.45) is 13.0. The highest BCUT2D eigenvalue weighted by molar-refractivity contribution is 5.17. The maximum Gasteiger partial charge on any atom is -0.0183 e. The number of rotatable bonds is 2. The van der Waals surface area contributed by atoms with E-state index in [0.29, 0.717) is 33.0 Å². The van der Waals surface area contributed by atoms with Crippen LogP contribution in [0.3, 0.4) is 0 Å². The van der Waals surface area contributed by atoms with Crippen LogP contribution < -0.4 is 0 Å². The SMILES string of the molecule is C=C(C)C(C)C1(C)CCC2(C)CCC3(C)C(CC(C)C4C(C)(C)CCC(C)C(C)CC43C)C2C1. The van der Waals surface area contributed by atoms with Crippen molar-refractivity contribution in [3.63, 3.8) is 0 Å². The molecule has 0 amide bonds. The summed E-state index contributed by atoms with van der Waals surface area (Å²) in [4.78, 5) is 0. The molecule has 11 unspecified atom stereocenters. The van der Waals surface area contributed by atoms with Crippen LogP contribution in [0.5, 0.6) is 0 Å². The van der Waals surface area contributed by atoms with Crippen molar-refractivity contribution >= 4 is 0 Å². The quantitative estimate of drug-likeness (QED) is 0.353. The summed E-state index contributed by atoms with van der Waals surface area (Å²) in [5, 5.41) is 0. The van der Waals surface area contributed by atoms with Crippen molar-refractivity contribution in [1.82, 2.24) is 0 Å². The molecule has 4 fully saturated rings. The van der Waals surface area contributed by atoms with Gasteiger partial charge in [-0.2, -0.15) is 0 Å². The van der Waals surface area contributed by atoms with Crippen LogP contribution in [0.2, 0.25) is 0 Å². The van der Waals surface area contributed by atoms with Gasteiger partial charge in [0, 0.05) is 0 Å². The van der Waals surface area contributed by atoms with Gasteiger partial charge in [0.15, 0.2) is 0 Å². The monoisotopic (exact) mass is 468 g/mol. The zero-order valence-corrected chi connectivity index (χ0v) is 25.1. The Balaban J connectivity index is 1.79. The van der Waals surface area contributed by atoms with E-state index in [4.69, 9.17) is 0 Å². The van der Waals surface area contributed by atoms with Crippen molar-refractivity contribution in [2.24, 2.45) is 68.5 Å². The molecule has 0 aliphatic heterocycles. The summed E-state index contributed by atoms with van der Waals surface area (Å²) in [5.41, 5.74) is 3.75. The van der Waals surface area contributed by atoms with Crippen molar-refractivity contribution in [2.45, 2.75) is 134 Å². The molecule has 4 rings (SSSR count). The van der Waals surface area contributed by atoms with Gasteiger partial charge in [-0.05, 0) is 133 Å². The number of allylic oxidation sites excluding steroid dienone is 1. The lowest BCUT2D eigenvalue weighted by Gasteiger charge is -2.72. The lowest BCUT2D eigenvalue weighted by atomic mass is 9.33. The fourth-order valence-electron chi connectivity index (χ4n) is 11.3. The third kappa shape index (κ3) is 3.81. The Morgan fingerprint density at radius 2 is 1.35 bits per heavy atom. The first-order valence-corrected chi connectivity index (χ1v) is 15.2. The Kier molecular flexibility index (Phi) is 6.60. The van der Waals surface area contributed by atoms with Crippen LogP contribution in [0.1, 0.15) is 134 Å². The molecule has 0 aromatic heterocycles. The molecule has 4 saturated carbocycles. The standard InChI is InChI=1S/C34H60/c1-22(2)26(6)32(10)16-15-31(9)17-18-33(11)27(28(31)21-32)19-24(4)29-30(7,8)14-13-23(3)25(5)20-34(29,33)12/h23-29H,1,13-21H2,2-12H3. The van der Waals surface area contributed by atoms with Gasteiger partial charge in [-0.1, -0.05) is 81.4 Å². The lowest BCUT2D eigenvalue weighted by Crippen LogP contribution is -2.64. The maximum atomic E-state index is 4.42. The van der Waals surface area contributed by atoms with Crippen molar-refractivity contribution in [1.29, 1.82) is 0 Å². The fourth-order valence-corrected chi connectivity index (χ4v) is 11.3. The summed E-state index contributed by atoms with van der Waals surface area (Å²) in [7, 11) is 0. The van der Waals surface area contributed by atoms with E-state index >= 15 is 0 Å². The summed E-state index contributed by atoms with van der Waals surface area (Å²) < 4.78 is 0. The molecule has 4 aliphatic rings. The van der Waals surface area contributed by atoms with Gasteiger partial charge in [0.2, 0.25) is 0 Å². The minimum Gasteiger partial charge on any atom is -0.0999 e. The first kappa shape index (κ1) is 26.8. The first-order chi connectivity index (χ1) is 15.5. The van der Waals surface area contributed by atoms with Crippen LogP contribution in [0, 0.1) is 68.5 Å². The predicted molar refractivity (Wildman–Crippen MR) is 150 cm³/mol. The van der Waals surface area contributed by atoms with Crippen LogP contribution in [0.25, 0.3) is 0 Å². The minimum atomic E-state index is 0.428. The third-order valence-electron chi connectivity index (χ3n) is 14.1. The van der Waals surface area contributed by atoms with E-state index in [9.17, 15) is 0 Å². The molecule has 0 aromatic rings. The second kappa shape index (κ2) is 8.38. The van der Waals surface area contributed by atoms with Crippen molar-refractivity contribution in [3.05, 3.63) is 12.2 Å². The average molecular weight is 469 g/mol. The Labute approximate surface area is 214 Å². The molecule has 0 heterocycles. The molecule has 0 aromatic carbocycles. The van der Waals surface area contributed by atoms with Crippen molar-refractivity contribution in [3.8, 4) is 0 Å². The van der Waals surface area contributed by atoms with E-state index in [0.717, 1.165) is 35.5 Å². The average Bonchev–Trinajstić information content (AvgIpc) is 2.73. The highest BCUT2D eigenvalue weighted by Crippen LogP contribution is 2.75. The largest absolute Gasteiger partial charge is 0.0999 e. The van der Waals surface area contributed by atoms with Gasteiger partial charge in [-0.15, -0.1) is 0 Å². The van der Waals surface area contributed by atoms with Crippen LogP contribution >= 0.6 is 0 Å². The number of hydrogen-bond acceptors (Lipinski definition) is 0. The van der Waals surface area contributed by atoms with Gasteiger partial charge < -0.3 is 0 Å². The summed E-state index contributed by atoms with van der Waals surface area (Å²) in [5.74, 6) is 5.80. The minimum absolute atomic E-state index is 0.428. The van der Waals surface area contributed by atoms with E-state index in [1.54, 1.807) is 0 Å². The van der Waals surface area contributed by atoms with Gasteiger partial charge >= 0.3 is 0 Å². The summed E-state index contributed by atoms with van der Waals surface area (Å²) in [6.45, 7) is 33.2. The molecule has 0 spiro atoms. The van der Waals surface area contributed by atoms with E-state index in [1.165, 1.54) is 63.4 Å². The second-order valence-electron chi connectivity index (χ2n) is 16.5. The summed E-state index contributed by atoms with van der Waals surface area (Å²) in [6, 6.07) is 0. The molecule has 0 N–H and O–H groups in total. The molecule has 4 aliphatic carbocycles. The van der Waals surface area contributed by atoms with Crippen LogP contribution in [-0.4, -0.2) is 0 Å². The van der Waals surface area contributed by atoms with E-state index < -0.39 is 0 Å². The maximum absolute atomic E-state index is 4.42. The zero-order chi connectivity index (χ0) is 25.5. The molecule has 196 valence electrons. The second-order valence-corrected chi connectivity index (χ2v) is 16.5. The molecule has 11 atom stereocenters. The molecule has 34 heavy (non-hydrogen) atoms. The normalized spacial score (nSPS) is 54.0. The summed E-state index contributed by atoms with van der Waals surface area (Å²) >= 11 is 0. The third-order valence-corrected chi connectivity index (χ3v) is 14.1. The molecule has 0 heteroatoms. The van der Waals surface area contributed by atoms with Gasteiger partial charge in [-0.25, -0.2) is 0 Å². The first-order valence-electron chi connectivity index (χ1n) is 15.2. The van der Waals surface area contributed by atoms with Gasteiger partial charge in [0.1, 0.15) is 0 Å². The lowest BCUT2D eigenvalue weighted by molar-refractivity contribution is -0.230. The van der Waals surface area contributed by atoms with E-state index in [-0.39, 0.29) is 0 Å². The van der Waals surface area contributed by atoms with Gasteiger partial charge in [0.05, 0.1) is 0 Å². The Morgan fingerprint density at radius 3 is 1.97 bits per heavy atom. The molecule has 0 nitrogen and oxygen atoms in total. The van der Waals surface area contributed by atoms with Gasteiger partial charge in [0.25, 0.3) is 0 Å². The molecule has 0 bridgehead atoms. The van der Waals surface area contributed by atoms with Crippen molar-refractivity contribution < 1.29 is 0 Å².